The summed E-state index contributed by atoms with van der Waals surface area (Å²) in [5, 5.41) is 26.8. The van der Waals surface area contributed by atoms with Gasteiger partial charge < -0.3 is 16.0 Å². The second kappa shape index (κ2) is 7.93. The van der Waals surface area contributed by atoms with Gasteiger partial charge in [0.2, 0.25) is 11.8 Å². The molecule has 0 bridgehead atoms. The van der Waals surface area contributed by atoms with Gasteiger partial charge in [0.25, 0.3) is 0 Å². The Morgan fingerprint density at radius 2 is 2.25 bits per heavy atom. The van der Waals surface area contributed by atoms with Crippen LogP contribution in [0.4, 0.5) is 0 Å². The summed E-state index contributed by atoms with van der Waals surface area (Å²) in [5.74, 6) is -0.649. The van der Waals surface area contributed by atoms with Gasteiger partial charge in [0.05, 0.1) is 29.8 Å². The molecule has 2 aliphatic heterocycles. The van der Waals surface area contributed by atoms with E-state index < -0.39 is 0 Å². The zero-order valence-corrected chi connectivity index (χ0v) is 15.5. The largest absolute Gasteiger partial charge is 0.376 e. The van der Waals surface area contributed by atoms with Gasteiger partial charge in [0, 0.05) is 33.2 Å². The number of nitrogens with one attached hydrogen (secondary N) is 3. The van der Waals surface area contributed by atoms with Crippen LogP contribution in [0.3, 0.4) is 0 Å². The minimum atomic E-state index is -0.376. The Bertz CT molecular complexity index is 990. The number of amides is 2. The number of aryl methyl sites for hydroxylation is 1. The lowest BCUT2D eigenvalue weighted by Gasteiger charge is -2.30. The Hall–Kier alpha value is -3.65. The Labute approximate surface area is 165 Å². The van der Waals surface area contributed by atoms with Gasteiger partial charge in [-0.15, -0.1) is 0 Å². The third-order valence-electron chi connectivity index (χ3n) is 4.66. The summed E-state index contributed by atoms with van der Waals surface area (Å²) in [6, 6.07) is 5.13. The molecule has 0 aromatic carbocycles. The average Bonchev–Trinajstić information content (AvgIpc) is 2.67. The maximum Gasteiger partial charge on any atom is 0.248 e. The van der Waals surface area contributed by atoms with Gasteiger partial charge in [0.15, 0.2) is 0 Å². The SMILES string of the molecule is Cc1cc(C#N)cnc1[C@H](C)NC(=O)CC1=CC2=C(C#N)NC[CH]C2NC1=O.[HH].[HH]. The molecule has 8 nitrogen and oxygen atoms in total. The van der Waals surface area contributed by atoms with E-state index in [0.29, 0.717) is 34.6 Å². The van der Waals surface area contributed by atoms with E-state index in [0.717, 1.165) is 5.56 Å². The molecule has 0 aliphatic carbocycles. The van der Waals surface area contributed by atoms with Crippen molar-refractivity contribution in [2.24, 2.45) is 0 Å². The van der Waals surface area contributed by atoms with Crippen LogP contribution >= 0.6 is 0 Å². The summed E-state index contributed by atoms with van der Waals surface area (Å²) in [5.41, 5.74) is 3.28. The zero-order valence-electron chi connectivity index (χ0n) is 15.5. The molecule has 0 spiro atoms. The number of hydrogen-bond acceptors (Lipinski definition) is 6. The first-order valence-electron chi connectivity index (χ1n) is 8.81. The first kappa shape index (κ1) is 19.1. The van der Waals surface area contributed by atoms with Gasteiger partial charge >= 0.3 is 0 Å². The van der Waals surface area contributed by atoms with E-state index in [1.807, 2.05) is 19.4 Å². The van der Waals surface area contributed by atoms with Crippen LogP contribution < -0.4 is 16.0 Å². The van der Waals surface area contributed by atoms with Crippen LogP contribution in [0.5, 0.6) is 0 Å². The van der Waals surface area contributed by atoms with Crippen molar-refractivity contribution in [2.45, 2.75) is 32.4 Å². The summed E-state index contributed by atoms with van der Waals surface area (Å²) in [4.78, 5) is 29.0. The van der Waals surface area contributed by atoms with Crippen LogP contribution in [0, 0.1) is 36.0 Å². The molecule has 1 aromatic rings. The molecule has 2 amide bonds. The second-order valence-electron chi connectivity index (χ2n) is 6.68. The molecule has 3 N–H and O–H groups in total. The maximum atomic E-state index is 12.5. The molecule has 145 valence electrons. The normalized spacial score (nSPS) is 19.2. The van der Waals surface area contributed by atoms with E-state index in [1.165, 1.54) is 6.20 Å². The summed E-state index contributed by atoms with van der Waals surface area (Å²) < 4.78 is 0. The molecule has 0 fully saturated rings. The van der Waals surface area contributed by atoms with Crippen LogP contribution in [0.25, 0.3) is 0 Å². The molecular weight excluding hydrogens is 356 g/mol. The Kier molecular flexibility index (Phi) is 5.42. The first-order valence-corrected chi connectivity index (χ1v) is 8.81. The highest BCUT2D eigenvalue weighted by molar-refractivity contribution is 6.01. The van der Waals surface area contributed by atoms with Crippen molar-refractivity contribution >= 4 is 11.8 Å². The van der Waals surface area contributed by atoms with E-state index in [1.54, 1.807) is 19.1 Å². The topological polar surface area (TPSA) is 131 Å². The molecule has 1 radical (unpaired) electrons. The van der Waals surface area contributed by atoms with Gasteiger partial charge in [-0.25, -0.2) is 0 Å². The van der Waals surface area contributed by atoms with Crippen molar-refractivity contribution in [3.63, 3.8) is 0 Å². The maximum absolute atomic E-state index is 12.5. The molecule has 8 heteroatoms. The van der Waals surface area contributed by atoms with Crippen LogP contribution in [-0.4, -0.2) is 29.4 Å². The third-order valence-corrected chi connectivity index (χ3v) is 4.66. The van der Waals surface area contributed by atoms with Crippen LogP contribution in [0.1, 0.15) is 39.1 Å². The van der Waals surface area contributed by atoms with E-state index in [2.05, 4.69) is 27.0 Å². The van der Waals surface area contributed by atoms with Gasteiger partial charge in [-0.05, 0) is 31.6 Å². The van der Waals surface area contributed by atoms with Crippen molar-refractivity contribution < 1.29 is 12.4 Å². The number of aromatic nitrogens is 1. The number of nitrogens with zero attached hydrogens (tertiary/aromatic N) is 3. The number of pyridine rings is 1. The number of carbonyl (C=O) groups excluding carboxylic acids is 2. The molecule has 2 atom stereocenters. The van der Waals surface area contributed by atoms with Crippen molar-refractivity contribution in [3.8, 4) is 12.1 Å². The standard InChI is InChI=1S/C20H19N6O2.2H2/c1-11-5-13(8-21)10-24-19(11)12(2)25-18(27)7-14-6-15-16(26-20(14)28)3-4-23-17(15)9-22;;/h3,5-6,10,12,16,23H,4,7H2,1-2H3,(H,25,27)(H,26,28);2*1H/t12-,16?;;/m0../s1. The van der Waals surface area contributed by atoms with Crippen molar-refractivity contribution in [3.05, 3.63) is 58.4 Å². The predicted molar refractivity (Wildman–Crippen MR) is 104 cm³/mol. The minimum Gasteiger partial charge on any atom is -0.376 e. The Morgan fingerprint density at radius 1 is 1.46 bits per heavy atom. The monoisotopic (exact) mass is 379 g/mol. The summed E-state index contributed by atoms with van der Waals surface area (Å²) >= 11 is 0. The van der Waals surface area contributed by atoms with Crippen molar-refractivity contribution in [1.29, 1.82) is 10.5 Å². The fourth-order valence-electron chi connectivity index (χ4n) is 3.32. The zero-order chi connectivity index (χ0) is 20.3. The summed E-state index contributed by atoms with van der Waals surface area (Å²) in [6.45, 7) is 4.11. The fraction of sp³-hybridized carbons (Fsp3) is 0.300. The van der Waals surface area contributed by atoms with Crippen LogP contribution in [0.2, 0.25) is 0 Å². The molecule has 3 rings (SSSR count). The van der Waals surface area contributed by atoms with Crippen molar-refractivity contribution in [1.82, 2.24) is 20.9 Å². The lowest BCUT2D eigenvalue weighted by molar-refractivity contribution is -0.124. The number of rotatable bonds is 4. The molecule has 0 saturated carbocycles. The number of nitriles is 2. The lowest BCUT2D eigenvalue weighted by Crippen LogP contribution is -2.46. The third kappa shape index (κ3) is 3.86. The highest BCUT2D eigenvalue weighted by Gasteiger charge is 2.30. The van der Waals surface area contributed by atoms with Gasteiger partial charge in [-0.3, -0.25) is 14.6 Å². The molecular formula is C20H23N6O2. The number of carbonyl (C=O) groups is 2. The fourth-order valence-corrected chi connectivity index (χ4v) is 3.32. The van der Waals surface area contributed by atoms with Gasteiger partial charge in [-0.2, -0.15) is 10.5 Å². The molecule has 2 aliphatic rings. The lowest BCUT2D eigenvalue weighted by atomic mass is 9.91. The second-order valence-corrected chi connectivity index (χ2v) is 6.68. The molecule has 3 heterocycles. The van der Waals surface area contributed by atoms with E-state index in [9.17, 15) is 14.9 Å². The molecule has 28 heavy (non-hydrogen) atoms. The van der Waals surface area contributed by atoms with Crippen LogP contribution in [0.15, 0.2) is 35.2 Å². The van der Waals surface area contributed by atoms with E-state index in [4.69, 9.17) is 5.26 Å². The van der Waals surface area contributed by atoms with E-state index in [-0.39, 0.29) is 33.2 Å². The highest BCUT2D eigenvalue weighted by Crippen LogP contribution is 2.24. The highest BCUT2D eigenvalue weighted by atomic mass is 16.2. The number of fused-ring (bicyclic) bond motifs is 1. The predicted octanol–water partition coefficient (Wildman–Crippen LogP) is 1.33. The number of allylic oxidation sites excluding steroid dienone is 1. The molecule has 1 aromatic heterocycles. The smallest absolute Gasteiger partial charge is 0.248 e. The van der Waals surface area contributed by atoms with Gasteiger partial charge in [-0.1, -0.05) is 0 Å². The molecule has 0 saturated heterocycles. The van der Waals surface area contributed by atoms with E-state index >= 15 is 0 Å². The van der Waals surface area contributed by atoms with Crippen molar-refractivity contribution in [2.75, 3.05) is 6.54 Å². The number of hydrogen-bond donors (Lipinski definition) is 3. The summed E-state index contributed by atoms with van der Waals surface area (Å²) in [7, 11) is 0. The van der Waals surface area contributed by atoms with Gasteiger partial charge in [0.1, 0.15) is 17.8 Å². The Balaban J connectivity index is 0.00000225. The average molecular weight is 379 g/mol. The molecule has 1 unspecified atom stereocenters. The summed E-state index contributed by atoms with van der Waals surface area (Å²) in [6.07, 6.45) is 4.83. The van der Waals surface area contributed by atoms with Crippen LogP contribution in [-0.2, 0) is 9.59 Å². The first-order chi connectivity index (χ1) is 13.4. The minimum absolute atomic E-state index is 0. The Morgan fingerprint density at radius 3 is 2.93 bits per heavy atom. The quantitative estimate of drug-likeness (QED) is 0.723.